The van der Waals surface area contributed by atoms with Crippen LogP contribution in [0.5, 0.6) is 0 Å². The Morgan fingerprint density at radius 1 is 1.07 bits per heavy atom. The summed E-state index contributed by atoms with van der Waals surface area (Å²) in [6, 6.07) is 4.96. The Kier molecular flexibility index (Phi) is 6.67. The van der Waals surface area contributed by atoms with E-state index in [9.17, 15) is 13.2 Å². The first-order valence-electron chi connectivity index (χ1n) is 10.5. The van der Waals surface area contributed by atoms with E-state index in [1.54, 1.807) is 30.1 Å². The second-order valence-corrected chi connectivity index (χ2v) is 10.4. The van der Waals surface area contributed by atoms with Crippen LogP contribution in [0.3, 0.4) is 0 Å². The van der Waals surface area contributed by atoms with Gasteiger partial charge in [0.05, 0.1) is 10.3 Å². The molecule has 2 aliphatic heterocycles. The highest BCUT2D eigenvalue weighted by Crippen LogP contribution is 2.41. The minimum absolute atomic E-state index is 0.0194. The number of anilines is 1. The summed E-state index contributed by atoms with van der Waals surface area (Å²) in [6.45, 7) is 12.6. The summed E-state index contributed by atoms with van der Waals surface area (Å²) in [7, 11) is -1.87. The number of hydrogen-bond acceptors (Lipinski definition) is 5. The monoisotopic (exact) mass is 422 g/mol. The molecule has 1 fully saturated rings. The molecule has 2 heterocycles. The van der Waals surface area contributed by atoms with Gasteiger partial charge in [-0.05, 0) is 63.5 Å². The molecule has 0 bridgehead atoms. The van der Waals surface area contributed by atoms with Gasteiger partial charge in [-0.1, -0.05) is 6.92 Å². The summed E-state index contributed by atoms with van der Waals surface area (Å²) >= 11 is 0. The molecule has 0 saturated carbocycles. The first kappa shape index (κ1) is 22.2. The molecule has 8 heteroatoms. The molecule has 1 N–H and O–H groups in total. The van der Waals surface area contributed by atoms with Crippen molar-refractivity contribution in [1.82, 2.24) is 14.5 Å². The molecule has 0 spiro atoms. The molecular weight excluding hydrogens is 388 g/mol. The van der Waals surface area contributed by atoms with Crippen molar-refractivity contribution < 1.29 is 13.2 Å². The molecule has 1 aromatic rings. The number of rotatable bonds is 8. The number of sulfonamides is 1. The number of nitrogens with zero attached hydrogens (tertiary/aromatic N) is 3. The van der Waals surface area contributed by atoms with E-state index in [-0.39, 0.29) is 10.8 Å². The van der Waals surface area contributed by atoms with Gasteiger partial charge in [0, 0.05) is 45.5 Å². The van der Waals surface area contributed by atoms with Crippen molar-refractivity contribution in [1.29, 1.82) is 0 Å². The van der Waals surface area contributed by atoms with E-state index < -0.39 is 15.4 Å². The quantitative estimate of drug-likeness (QED) is 0.645. The minimum atomic E-state index is -3.59. The van der Waals surface area contributed by atoms with E-state index in [1.165, 1.54) is 6.42 Å². The predicted octanol–water partition coefficient (Wildman–Crippen LogP) is 1.64. The van der Waals surface area contributed by atoms with Gasteiger partial charge >= 0.3 is 0 Å². The van der Waals surface area contributed by atoms with Crippen LogP contribution in [0.1, 0.15) is 39.2 Å². The molecule has 3 rings (SSSR count). The van der Waals surface area contributed by atoms with Crippen molar-refractivity contribution in [2.75, 3.05) is 57.8 Å². The van der Waals surface area contributed by atoms with Gasteiger partial charge in [-0.15, -0.1) is 0 Å². The van der Waals surface area contributed by atoms with Crippen molar-refractivity contribution in [3.63, 3.8) is 0 Å². The van der Waals surface area contributed by atoms with Gasteiger partial charge in [0.1, 0.15) is 0 Å². The number of carbonyl (C=O) groups is 1. The molecule has 0 aromatic heterocycles. The summed E-state index contributed by atoms with van der Waals surface area (Å²) in [4.78, 5) is 19.1. The number of benzene rings is 1. The maximum absolute atomic E-state index is 12.7. The summed E-state index contributed by atoms with van der Waals surface area (Å²) in [6.07, 6.45) is 1.97. The van der Waals surface area contributed by atoms with Crippen LogP contribution in [0.25, 0.3) is 0 Å². The maximum atomic E-state index is 12.7. The predicted molar refractivity (Wildman–Crippen MR) is 116 cm³/mol. The summed E-state index contributed by atoms with van der Waals surface area (Å²) in [5.41, 5.74) is 0.828. The fourth-order valence-corrected chi connectivity index (χ4v) is 5.36. The topological polar surface area (TPSA) is 73.0 Å². The molecule has 0 unspecified atom stereocenters. The Morgan fingerprint density at radius 2 is 1.69 bits per heavy atom. The standard InChI is InChI=1S/C21H34N4O3S/c1-5-10-24-12-14-25(15-13-24)11-6-9-22-29(27,28)17-7-8-19-18(16-17)21(2,3)20(26)23(19)4/h7-8,16,22H,5-6,9-15H2,1-4H3. The SMILES string of the molecule is CCCN1CCN(CCCNS(=O)(=O)c2ccc3c(c2)C(C)(C)C(=O)N3C)CC1. The lowest BCUT2D eigenvalue weighted by Gasteiger charge is -2.34. The fourth-order valence-electron chi connectivity index (χ4n) is 4.26. The molecule has 1 aromatic carbocycles. The van der Waals surface area contributed by atoms with E-state index in [4.69, 9.17) is 0 Å². The zero-order valence-corrected chi connectivity index (χ0v) is 18.9. The van der Waals surface area contributed by atoms with Crippen LogP contribution in [0.4, 0.5) is 5.69 Å². The van der Waals surface area contributed by atoms with Crippen LogP contribution in [-0.2, 0) is 20.2 Å². The van der Waals surface area contributed by atoms with Gasteiger partial charge in [-0.2, -0.15) is 0 Å². The number of nitrogens with one attached hydrogen (secondary N) is 1. The number of fused-ring (bicyclic) bond motifs is 1. The van der Waals surface area contributed by atoms with E-state index in [0.717, 1.165) is 56.9 Å². The highest BCUT2D eigenvalue weighted by atomic mass is 32.2. The maximum Gasteiger partial charge on any atom is 0.240 e. The van der Waals surface area contributed by atoms with Crippen molar-refractivity contribution in [2.24, 2.45) is 0 Å². The number of amides is 1. The number of carbonyl (C=O) groups excluding carboxylic acids is 1. The molecule has 2 aliphatic rings. The highest BCUT2D eigenvalue weighted by molar-refractivity contribution is 7.89. The van der Waals surface area contributed by atoms with Crippen molar-refractivity contribution in [2.45, 2.75) is 43.9 Å². The van der Waals surface area contributed by atoms with Crippen molar-refractivity contribution >= 4 is 21.6 Å². The Hall–Kier alpha value is -1.48. The Balaban J connectivity index is 1.54. The highest BCUT2D eigenvalue weighted by Gasteiger charge is 2.42. The molecule has 0 aliphatic carbocycles. The van der Waals surface area contributed by atoms with Crippen LogP contribution in [-0.4, -0.2) is 77.0 Å². The third-order valence-electron chi connectivity index (χ3n) is 6.10. The van der Waals surface area contributed by atoms with Gasteiger partial charge < -0.3 is 14.7 Å². The third kappa shape index (κ3) is 4.66. The molecule has 1 amide bonds. The van der Waals surface area contributed by atoms with Crippen LogP contribution < -0.4 is 9.62 Å². The van der Waals surface area contributed by atoms with Gasteiger partial charge in [0.15, 0.2) is 0 Å². The smallest absolute Gasteiger partial charge is 0.240 e. The Morgan fingerprint density at radius 3 is 2.31 bits per heavy atom. The first-order chi connectivity index (χ1) is 13.7. The number of hydrogen-bond donors (Lipinski definition) is 1. The van der Waals surface area contributed by atoms with E-state index in [0.29, 0.717) is 6.54 Å². The molecular formula is C21H34N4O3S. The lowest BCUT2D eigenvalue weighted by Crippen LogP contribution is -2.47. The van der Waals surface area contributed by atoms with E-state index in [1.807, 2.05) is 13.8 Å². The van der Waals surface area contributed by atoms with Crippen LogP contribution >= 0.6 is 0 Å². The van der Waals surface area contributed by atoms with E-state index in [2.05, 4.69) is 21.4 Å². The van der Waals surface area contributed by atoms with Gasteiger partial charge in [0.2, 0.25) is 15.9 Å². The molecule has 29 heavy (non-hydrogen) atoms. The van der Waals surface area contributed by atoms with Gasteiger partial charge in [-0.25, -0.2) is 13.1 Å². The zero-order chi connectivity index (χ0) is 21.2. The average molecular weight is 423 g/mol. The lowest BCUT2D eigenvalue weighted by molar-refractivity contribution is -0.121. The van der Waals surface area contributed by atoms with Crippen molar-refractivity contribution in [3.05, 3.63) is 23.8 Å². The molecule has 162 valence electrons. The normalized spacial score (nSPS) is 20.3. The minimum Gasteiger partial charge on any atom is -0.314 e. The van der Waals surface area contributed by atoms with Crippen LogP contribution in [0, 0.1) is 0 Å². The molecule has 0 atom stereocenters. The second kappa shape index (κ2) is 8.71. The van der Waals surface area contributed by atoms with Crippen molar-refractivity contribution in [3.8, 4) is 0 Å². The second-order valence-electron chi connectivity index (χ2n) is 8.60. The number of piperazine rings is 1. The third-order valence-corrected chi connectivity index (χ3v) is 7.56. The summed E-state index contributed by atoms with van der Waals surface area (Å²) < 4.78 is 28.2. The largest absolute Gasteiger partial charge is 0.314 e. The van der Waals surface area contributed by atoms with Gasteiger partial charge in [0.25, 0.3) is 0 Å². The average Bonchev–Trinajstić information content (AvgIpc) is 2.87. The Bertz CT molecular complexity index is 845. The lowest BCUT2D eigenvalue weighted by atomic mass is 9.86. The molecule has 0 radical (unpaired) electrons. The molecule has 1 saturated heterocycles. The zero-order valence-electron chi connectivity index (χ0n) is 18.1. The summed E-state index contributed by atoms with van der Waals surface area (Å²) in [5.74, 6) is -0.0194. The van der Waals surface area contributed by atoms with Gasteiger partial charge in [-0.3, -0.25) is 4.79 Å². The number of likely N-dealkylation sites (N-methyl/N-ethyl adjacent to an activating group) is 1. The Labute approximate surface area is 175 Å². The van der Waals surface area contributed by atoms with E-state index >= 15 is 0 Å². The first-order valence-corrected chi connectivity index (χ1v) is 12.0. The summed E-state index contributed by atoms with van der Waals surface area (Å²) in [5, 5.41) is 0. The molecule has 7 nitrogen and oxygen atoms in total. The fraction of sp³-hybridized carbons (Fsp3) is 0.667. The van der Waals surface area contributed by atoms with Crippen LogP contribution in [0.15, 0.2) is 23.1 Å². The van der Waals surface area contributed by atoms with Crippen LogP contribution in [0.2, 0.25) is 0 Å².